The van der Waals surface area contributed by atoms with Crippen LogP contribution in [0.15, 0.2) is 10.9 Å². The van der Waals surface area contributed by atoms with E-state index in [4.69, 9.17) is 0 Å². The van der Waals surface area contributed by atoms with Gasteiger partial charge in [-0.1, -0.05) is 26.3 Å². The number of amides is 2. The molecule has 1 aliphatic heterocycles. The average Bonchev–Trinajstić information content (AvgIpc) is 2.51. The Bertz CT molecular complexity index is 685. The topological polar surface area (TPSA) is 69.3 Å². The van der Waals surface area contributed by atoms with Gasteiger partial charge in [0.05, 0.1) is 11.4 Å². The first-order chi connectivity index (χ1) is 10.9. The number of aromatic amines is 1. The van der Waals surface area contributed by atoms with Gasteiger partial charge in [0.15, 0.2) is 0 Å². The van der Waals surface area contributed by atoms with Crippen molar-refractivity contribution >= 4 is 17.4 Å². The number of carbonyl (C=O) groups is 1. The van der Waals surface area contributed by atoms with Gasteiger partial charge in [0, 0.05) is 13.6 Å². The number of allylic oxidation sites excluding steroid dienone is 1. The third kappa shape index (κ3) is 3.11. The minimum atomic E-state index is -2.90. The standard InChI is InChI=1S/C15H20F2N4O2/c1-4-6-8-21-12-10(9(7-5-2)20(3)15(21)23)18-14(22)19-11(12)13(16)17/h7,13H,4-6,8H2,1-3H3,(H,18,19,22)/b9-7-. The third-order valence-corrected chi connectivity index (χ3v) is 3.68. The number of H-pyrrole nitrogens is 1. The molecule has 8 heteroatoms. The highest BCUT2D eigenvalue weighted by Gasteiger charge is 2.36. The highest BCUT2D eigenvalue weighted by atomic mass is 19.3. The minimum absolute atomic E-state index is 0.0100. The molecule has 2 amide bonds. The molecular formula is C15H20F2N4O2. The summed E-state index contributed by atoms with van der Waals surface area (Å²) < 4.78 is 26.8. The monoisotopic (exact) mass is 326 g/mol. The van der Waals surface area contributed by atoms with Gasteiger partial charge in [-0.25, -0.2) is 18.4 Å². The molecule has 1 aliphatic rings. The summed E-state index contributed by atoms with van der Waals surface area (Å²) in [5, 5.41) is 0. The smallest absolute Gasteiger partial charge is 0.303 e. The zero-order valence-electron chi connectivity index (χ0n) is 13.4. The van der Waals surface area contributed by atoms with Crippen LogP contribution in [0.3, 0.4) is 0 Å². The van der Waals surface area contributed by atoms with Crippen LogP contribution in [0.4, 0.5) is 19.3 Å². The second kappa shape index (κ2) is 6.89. The molecule has 126 valence electrons. The second-order valence-electron chi connectivity index (χ2n) is 5.30. The molecule has 6 nitrogen and oxygen atoms in total. The van der Waals surface area contributed by atoms with E-state index >= 15 is 0 Å². The lowest BCUT2D eigenvalue weighted by molar-refractivity contribution is 0.145. The zero-order chi connectivity index (χ0) is 17.1. The fraction of sp³-hybridized carbons (Fsp3) is 0.533. The quantitative estimate of drug-likeness (QED) is 0.904. The summed E-state index contributed by atoms with van der Waals surface area (Å²) in [5.41, 5.74) is -0.882. The van der Waals surface area contributed by atoms with Crippen LogP contribution in [0.2, 0.25) is 0 Å². The van der Waals surface area contributed by atoms with Crippen LogP contribution in [0.1, 0.15) is 50.9 Å². The van der Waals surface area contributed by atoms with E-state index in [1.165, 1.54) is 9.80 Å². The van der Waals surface area contributed by atoms with E-state index in [0.717, 1.165) is 6.42 Å². The Kier molecular flexibility index (Phi) is 5.12. The Balaban J connectivity index is 2.74. The summed E-state index contributed by atoms with van der Waals surface area (Å²) in [6.45, 7) is 4.09. The molecule has 0 bridgehead atoms. The molecular weight excluding hydrogens is 306 g/mol. The van der Waals surface area contributed by atoms with Crippen LogP contribution < -0.4 is 10.6 Å². The Morgan fingerprint density at radius 3 is 2.57 bits per heavy atom. The number of halogens is 2. The van der Waals surface area contributed by atoms with Crippen molar-refractivity contribution in [1.82, 2.24) is 14.9 Å². The van der Waals surface area contributed by atoms with Gasteiger partial charge < -0.3 is 4.98 Å². The molecule has 0 unspecified atom stereocenters. The summed E-state index contributed by atoms with van der Waals surface area (Å²) >= 11 is 0. The first-order valence-electron chi connectivity index (χ1n) is 7.60. The van der Waals surface area contributed by atoms with Gasteiger partial charge in [0.25, 0.3) is 6.43 Å². The molecule has 0 aliphatic carbocycles. The molecule has 0 aromatic carbocycles. The number of carbonyl (C=O) groups excluding carboxylic acids is 1. The Morgan fingerprint density at radius 1 is 1.30 bits per heavy atom. The van der Waals surface area contributed by atoms with Crippen molar-refractivity contribution in [2.75, 3.05) is 18.5 Å². The van der Waals surface area contributed by atoms with Crippen molar-refractivity contribution in [2.45, 2.75) is 39.5 Å². The maximum absolute atomic E-state index is 13.4. The van der Waals surface area contributed by atoms with Crippen molar-refractivity contribution in [3.8, 4) is 0 Å². The number of unbranched alkanes of at least 4 members (excludes halogenated alkanes) is 1. The van der Waals surface area contributed by atoms with Crippen molar-refractivity contribution in [3.63, 3.8) is 0 Å². The minimum Gasteiger partial charge on any atom is -0.303 e. The highest BCUT2D eigenvalue weighted by Crippen LogP contribution is 2.38. The molecule has 0 spiro atoms. The fourth-order valence-electron chi connectivity index (χ4n) is 2.58. The van der Waals surface area contributed by atoms with Crippen LogP contribution in [-0.4, -0.2) is 34.5 Å². The molecule has 2 rings (SSSR count). The summed E-state index contributed by atoms with van der Waals surface area (Å²) in [4.78, 5) is 32.8. The van der Waals surface area contributed by atoms with Gasteiger partial charge in [-0.05, 0) is 12.8 Å². The molecule has 2 heterocycles. The number of rotatable bonds is 5. The first-order valence-corrected chi connectivity index (χ1v) is 7.60. The molecule has 0 fully saturated rings. The van der Waals surface area contributed by atoms with Crippen LogP contribution in [0.5, 0.6) is 0 Å². The van der Waals surface area contributed by atoms with Gasteiger partial charge in [0.1, 0.15) is 11.4 Å². The largest absolute Gasteiger partial charge is 0.346 e. The molecule has 1 aromatic rings. The van der Waals surface area contributed by atoms with Crippen molar-refractivity contribution in [3.05, 3.63) is 27.9 Å². The van der Waals surface area contributed by atoms with Crippen LogP contribution >= 0.6 is 0 Å². The van der Waals surface area contributed by atoms with Crippen molar-refractivity contribution in [2.24, 2.45) is 0 Å². The van der Waals surface area contributed by atoms with E-state index in [1.54, 1.807) is 13.1 Å². The van der Waals surface area contributed by atoms with E-state index in [2.05, 4.69) is 9.97 Å². The van der Waals surface area contributed by atoms with Crippen molar-refractivity contribution in [1.29, 1.82) is 0 Å². The average molecular weight is 326 g/mol. The molecule has 1 N–H and O–H groups in total. The van der Waals surface area contributed by atoms with E-state index < -0.39 is 23.8 Å². The Labute approximate surface area is 132 Å². The number of fused-ring (bicyclic) bond motifs is 1. The number of hydrogen-bond donors (Lipinski definition) is 1. The lowest BCUT2D eigenvalue weighted by Crippen LogP contribution is -2.47. The molecule has 0 atom stereocenters. The van der Waals surface area contributed by atoms with Gasteiger partial charge in [-0.15, -0.1) is 0 Å². The lowest BCUT2D eigenvalue weighted by atomic mass is 10.1. The summed E-state index contributed by atoms with van der Waals surface area (Å²) in [6, 6.07) is -0.401. The SMILES string of the molecule is CC/C=C1/c2nc(=O)[nH]c(C(F)F)c2N(CCCC)C(=O)N1C. The number of nitrogens with one attached hydrogen (secondary N) is 1. The second-order valence-corrected chi connectivity index (χ2v) is 5.30. The Morgan fingerprint density at radius 2 is 2.00 bits per heavy atom. The fourth-order valence-corrected chi connectivity index (χ4v) is 2.58. The number of hydrogen-bond acceptors (Lipinski definition) is 3. The third-order valence-electron chi connectivity index (χ3n) is 3.68. The van der Waals surface area contributed by atoms with E-state index in [9.17, 15) is 18.4 Å². The van der Waals surface area contributed by atoms with E-state index in [-0.39, 0.29) is 11.4 Å². The van der Waals surface area contributed by atoms with Gasteiger partial charge in [-0.2, -0.15) is 4.98 Å². The van der Waals surface area contributed by atoms with Crippen LogP contribution in [-0.2, 0) is 0 Å². The predicted octanol–water partition coefficient (Wildman–Crippen LogP) is 3.13. The highest BCUT2D eigenvalue weighted by molar-refractivity contribution is 6.04. The van der Waals surface area contributed by atoms with Crippen molar-refractivity contribution < 1.29 is 13.6 Å². The van der Waals surface area contributed by atoms with Crippen LogP contribution in [0, 0.1) is 0 Å². The van der Waals surface area contributed by atoms with Gasteiger partial charge in [0.2, 0.25) is 0 Å². The number of aromatic nitrogens is 2. The number of urea groups is 1. The van der Waals surface area contributed by atoms with Gasteiger partial charge in [-0.3, -0.25) is 9.80 Å². The van der Waals surface area contributed by atoms with Gasteiger partial charge >= 0.3 is 11.7 Å². The summed E-state index contributed by atoms with van der Waals surface area (Å²) in [7, 11) is 1.55. The molecule has 0 saturated heterocycles. The first kappa shape index (κ1) is 17.1. The molecule has 0 saturated carbocycles. The summed E-state index contributed by atoms with van der Waals surface area (Å²) in [6.07, 6.45) is 0.854. The maximum atomic E-state index is 13.4. The van der Waals surface area contributed by atoms with E-state index in [1.807, 2.05) is 13.8 Å². The van der Waals surface area contributed by atoms with E-state index in [0.29, 0.717) is 25.1 Å². The maximum Gasteiger partial charge on any atom is 0.346 e. The summed E-state index contributed by atoms with van der Waals surface area (Å²) in [5.74, 6) is 0. The molecule has 0 radical (unpaired) electrons. The normalized spacial score (nSPS) is 16.4. The molecule has 23 heavy (non-hydrogen) atoms. The Hall–Kier alpha value is -2.25. The zero-order valence-corrected chi connectivity index (χ0v) is 13.4. The molecule has 1 aromatic heterocycles. The number of alkyl halides is 2. The number of nitrogens with zero attached hydrogens (tertiary/aromatic N) is 3. The predicted molar refractivity (Wildman–Crippen MR) is 83.5 cm³/mol. The lowest BCUT2D eigenvalue weighted by Gasteiger charge is -2.36. The van der Waals surface area contributed by atoms with Crippen LogP contribution in [0.25, 0.3) is 5.70 Å². The number of anilines is 1.